The highest BCUT2D eigenvalue weighted by Crippen LogP contribution is 2.19. The minimum absolute atomic E-state index is 0.0694. The normalized spacial score (nSPS) is 12.1. The standard InChI is InChI=1S/C72H136O6/c1-4-7-10-13-16-19-22-25-27-29-31-33-34-35-36-37-38-40-41-43-45-47-50-53-56-59-62-65-71(74)77-68-69(67-76-70(73)64-61-58-55-52-49-24-21-18-15-12-9-6-3)78-72(75)66-63-60-57-54-51-48-46-44-42-39-32-30-28-26-23-20-17-14-11-8-5-2/h18,21,30,32,69H,4-17,19-20,22-29,31,33-68H2,1-3H3/b21-18-,32-30-. The molecule has 0 bridgehead atoms. The molecule has 0 aromatic heterocycles. The molecule has 1 atom stereocenters. The van der Waals surface area contributed by atoms with Crippen molar-refractivity contribution in [3.05, 3.63) is 24.3 Å². The molecule has 0 aromatic carbocycles. The summed E-state index contributed by atoms with van der Waals surface area (Å²) >= 11 is 0. The lowest BCUT2D eigenvalue weighted by Gasteiger charge is -2.18. The summed E-state index contributed by atoms with van der Waals surface area (Å²) in [6.45, 7) is 6.68. The smallest absolute Gasteiger partial charge is 0.306 e. The molecule has 1 unspecified atom stereocenters. The van der Waals surface area contributed by atoms with Crippen molar-refractivity contribution in [2.24, 2.45) is 0 Å². The molecule has 0 aliphatic heterocycles. The predicted octanol–water partition coefficient (Wildman–Crippen LogP) is 24.2. The van der Waals surface area contributed by atoms with Crippen LogP contribution in [0.1, 0.15) is 400 Å². The van der Waals surface area contributed by atoms with Crippen LogP contribution in [0.4, 0.5) is 0 Å². The van der Waals surface area contributed by atoms with Crippen LogP contribution in [0.3, 0.4) is 0 Å². The zero-order valence-corrected chi connectivity index (χ0v) is 53.0. The van der Waals surface area contributed by atoms with Crippen molar-refractivity contribution in [3.63, 3.8) is 0 Å². The van der Waals surface area contributed by atoms with Gasteiger partial charge in [-0.05, 0) is 70.6 Å². The molecule has 460 valence electrons. The first-order valence-corrected chi connectivity index (χ1v) is 35.3. The van der Waals surface area contributed by atoms with E-state index < -0.39 is 6.10 Å². The fourth-order valence-corrected chi connectivity index (χ4v) is 10.8. The molecule has 0 amide bonds. The van der Waals surface area contributed by atoms with Gasteiger partial charge in [-0.1, -0.05) is 334 Å². The molecule has 0 saturated heterocycles. The predicted molar refractivity (Wildman–Crippen MR) is 340 cm³/mol. The van der Waals surface area contributed by atoms with E-state index in [0.717, 1.165) is 64.2 Å². The molecule has 0 saturated carbocycles. The molecule has 0 aromatic rings. The van der Waals surface area contributed by atoms with E-state index in [-0.39, 0.29) is 31.1 Å². The zero-order valence-electron chi connectivity index (χ0n) is 53.0. The van der Waals surface area contributed by atoms with Gasteiger partial charge in [-0.2, -0.15) is 0 Å². The lowest BCUT2D eigenvalue weighted by molar-refractivity contribution is -0.167. The highest BCUT2D eigenvalue weighted by atomic mass is 16.6. The van der Waals surface area contributed by atoms with E-state index in [4.69, 9.17) is 14.2 Å². The minimum Gasteiger partial charge on any atom is -0.462 e. The van der Waals surface area contributed by atoms with Crippen LogP contribution in [0.15, 0.2) is 24.3 Å². The van der Waals surface area contributed by atoms with Crippen molar-refractivity contribution in [1.29, 1.82) is 0 Å². The number of esters is 3. The highest BCUT2D eigenvalue weighted by Gasteiger charge is 2.19. The first-order valence-electron chi connectivity index (χ1n) is 35.3. The number of ether oxygens (including phenoxy) is 3. The van der Waals surface area contributed by atoms with Gasteiger partial charge < -0.3 is 14.2 Å². The Labute approximate surface area is 487 Å². The van der Waals surface area contributed by atoms with E-state index in [2.05, 4.69) is 45.1 Å². The van der Waals surface area contributed by atoms with Crippen molar-refractivity contribution in [2.45, 2.75) is 406 Å². The van der Waals surface area contributed by atoms with Crippen LogP contribution in [-0.4, -0.2) is 37.2 Å². The van der Waals surface area contributed by atoms with Crippen molar-refractivity contribution in [1.82, 2.24) is 0 Å². The van der Waals surface area contributed by atoms with Gasteiger partial charge in [-0.15, -0.1) is 0 Å². The number of hydrogen-bond donors (Lipinski definition) is 0. The lowest BCUT2D eigenvalue weighted by atomic mass is 10.0. The highest BCUT2D eigenvalue weighted by molar-refractivity contribution is 5.71. The average molecular weight is 1100 g/mol. The molecule has 0 N–H and O–H groups in total. The summed E-state index contributed by atoms with van der Waals surface area (Å²) in [5, 5.41) is 0. The average Bonchev–Trinajstić information content (AvgIpc) is 3.44. The summed E-state index contributed by atoms with van der Waals surface area (Å²) in [6, 6.07) is 0. The monoisotopic (exact) mass is 1100 g/mol. The molecule has 0 radical (unpaired) electrons. The molecular weight excluding hydrogens is 961 g/mol. The van der Waals surface area contributed by atoms with E-state index in [9.17, 15) is 14.4 Å². The third-order valence-electron chi connectivity index (χ3n) is 16.2. The van der Waals surface area contributed by atoms with Gasteiger partial charge in [0, 0.05) is 19.3 Å². The maximum atomic E-state index is 12.9. The van der Waals surface area contributed by atoms with E-state index >= 15 is 0 Å². The van der Waals surface area contributed by atoms with Crippen LogP contribution in [-0.2, 0) is 28.6 Å². The Morgan fingerprint density at radius 2 is 0.423 bits per heavy atom. The Bertz CT molecular complexity index is 1260. The summed E-state index contributed by atoms with van der Waals surface area (Å²) < 4.78 is 17.0. The summed E-state index contributed by atoms with van der Waals surface area (Å²) in [4.78, 5) is 38.4. The van der Waals surface area contributed by atoms with Crippen molar-refractivity contribution < 1.29 is 28.6 Å². The largest absolute Gasteiger partial charge is 0.462 e. The summed E-state index contributed by atoms with van der Waals surface area (Å²) in [5.41, 5.74) is 0. The third kappa shape index (κ3) is 64.7. The maximum Gasteiger partial charge on any atom is 0.306 e. The Morgan fingerprint density at radius 1 is 0.244 bits per heavy atom. The topological polar surface area (TPSA) is 78.9 Å². The van der Waals surface area contributed by atoms with Crippen LogP contribution in [0.5, 0.6) is 0 Å². The quantitative estimate of drug-likeness (QED) is 0.0261. The number of rotatable bonds is 66. The molecule has 78 heavy (non-hydrogen) atoms. The van der Waals surface area contributed by atoms with Crippen LogP contribution in [0, 0.1) is 0 Å². The molecule has 6 nitrogen and oxygen atoms in total. The number of carbonyl (C=O) groups excluding carboxylic acids is 3. The second-order valence-electron chi connectivity index (χ2n) is 24.1. The van der Waals surface area contributed by atoms with Gasteiger partial charge in [-0.3, -0.25) is 14.4 Å². The molecule has 0 aliphatic carbocycles. The van der Waals surface area contributed by atoms with Crippen LogP contribution in [0.2, 0.25) is 0 Å². The summed E-state index contributed by atoms with van der Waals surface area (Å²) in [5.74, 6) is -0.852. The molecule has 0 heterocycles. The number of carbonyl (C=O) groups is 3. The van der Waals surface area contributed by atoms with Crippen molar-refractivity contribution >= 4 is 17.9 Å². The Hall–Kier alpha value is -2.11. The molecular formula is C72H136O6. The Kier molecular flexibility index (Phi) is 65.6. The molecule has 0 fully saturated rings. The fraction of sp³-hybridized carbons (Fsp3) is 0.903. The van der Waals surface area contributed by atoms with E-state index in [1.165, 1.54) is 295 Å². The first-order chi connectivity index (χ1) is 38.5. The SMILES string of the molecule is CCCCC/C=C\CCCCCCCC(=O)OCC(COC(=O)CCCCCCCCCCCCCCCCCCCCCCCCCCCCC)OC(=O)CCCCCCCCCCC/C=C\CCCCCCCCCC. The van der Waals surface area contributed by atoms with Gasteiger partial charge >= 0.3 is 17.9 Å². The molecule has 0 aliphatic rings. The van der Waals surface area contributed by atoms with E-state index in [1.54, 1.807) is 0 Å². The van der Waals surface area contributed by atoms with Crippen molar-refractivity contribution in [2.75, 3.05) is 13.2 Å². The van der Waals surface area contributed by atoms with E-state index in [0.29, 0.717) is 19.3 Å². The van der Waals surface area contributed by atoms with Gasteiger partial charge in [0.25, 0.3) is 0 Å². The van der Waals surface area contributed by atoms with Gasteiger partial charge in [0.2, 0.25) is 0 Å². The van der Waals surface area contributed by atoms with Gasteiger partial charge in [0.15, 0.2) is 6.10 Å². The van der Waals surface area contributed by atoms with E-state index in [1.807, 2.05) is 0 Å². The first kappa shape index (κ1) is 75.9. The second kappa shape index (κ2) is 67.4. The summed E-state index contributed by atoms with van der Waals surface area (Å²) in [6.07, 6.45) is 82.2. The molecule has 6 heteroatoms. The fourth-order valence-electron chi connectivity index (χ4n) is 10.8. The minimum atomic E-state index is -0.774. The van der Waals surface area contributed by atoms with Crippen molar-refractivity contribution in [3.8, 4) is 0 Å². The number of hydrogen-bond acceptors (Lipinski definition) is 6. The third-order valence-corrected chi connectivity index (χ3v) is 16.2. The van der Waals surface area contributed by atoms with Crippen LogP contribution >= 0.6 is 0 Å². The van der Waals surface area contributed by atoms with Crippen LogP contribution < -0.4 is 0 Å². The number of unbranched alkanes of at least 4 members (excludes halogenated alkanes) is 51. The zero-order chi connectivity index (χ0) is 56.4. The number of allylic oxidation sites excluding steroid dienone is 4. The second-order valence-corrected chi connectivity index (χ2v) is 24.1. The molecule has 0 rings (SSSR count). The van der Waals surface area contributed by atoms with Gasteiger partial charge in [0.05, 0.1) is 0 Å². The van der Waals surface area contributed by atoms with Crippen LogP contribution in [0.25, 0.3) is 0 Å². The maximum absolute atomic E-state index is 12.9. The van der Waals surface area contributed by atoms with Gasteiger partial charge in [0.1, 0.15) is 13.2 Å². The van der Waals surface area contributed by atoms with Gasteiger partial charge in [-0.25, -0.2) is 0 Å². The Balaban J connectivity index is 4.18. The Morgan fingerprint density at radius 3 is 0.667 bits per heavy atom. The lowest BCUT2D eigenvalue weighted by Crippen LogP contribution is -2.30. The molecule has 0 spiro atoms. The summed E-state index contributed by atoms with van der Waals surface area (Å²) in [7, 11) is 0.